The predicted octanol–water partition coefficient (Wildman–Crippen LogP) is 3.04. The van der Waals surface area contributed by atoms with E-state index in [-0.39, 0.29) is 23.4 Å². The minimum Gasteiger partial charge on any atom is -0.478 e. The maximum Gasteiger partial charge on any atom is 0.332 e. The van der Waals surface area contributed by atoms with Gasteiger partial charge in [0, 0.05) is 12.1 Å². The Morgan fingerprint density at radius 3 is 2.40 bits per heavy atom. The molecule has 1 N–H and O–H groups in total. The van der Waals surface area contributed by atoms with E-state index < -0.39 is 22.0 Å². The normalized spacial score (nSPS) is 18.8. The first kappa shape index (κ1) is 17.4. The lowest BCUT2D eigenvalue weighted by Gasteiger charge is -2.32. The van der Waals surface area contributed by atoms with Gasteiger partial charge < -0.3 is 9.52 Å². The van der Waals surface area contributed by atoms with Gasteiger partial charge in [-0.2, -0.15) is 4.31 Å². The summed E-state index contributed by atoms with van der Waals surface area (Å²) < 4.78 is 33.1. The van der Waals surface area contributed by atoms with Crippen LogP contribution < -0.4 is 0 Å². The molecule has 25 heavy (non-hydrogen) atoms. The molecule has 1 aromatic carbocycles. The number of hydrogen-bond donors (Lipinski definition) is 1. The number of aryl methyl sites for hydroxylation is 2. The molecule has 0 spiro atoms. The van der Waals surface area contributed by atoms with Gasteiger partial charge in [0.1, 0.15) is 11.5 Å². The molecule has 7 heteroatoms. The van der Waals surface area contributed by atoms with Crippen molar-refractivity contribution < 1.29 is 22.7 Å². The number of hydrogen-bond acceptors (Lipinski definition) is 4. The third kappa shape index (κ3) is 3.38. The molecule has 3 rings (SSSR count). The van der Waals surface area contributed by atoms with Crippen LogP contribution in [0.3, 0.4) is 0 Å². The summed E-state index contributed by atoms with van der Waals surface area (Å²) >= 11 is 0. The first-order valence-electron chi connectivity index (χ1n) is 7.86. The summed E-state index contributed by atoms with van der Waals surface area (Å²) in [6.45, 7) is 3.45. The molecule has 0 saturated carbocycles. The van der Waals surface area contributed by atoms with Gasteiger partial charge in [0.05, 0.1) is 10.9 Å². The number of carboxylic acids is 1. The van der Waals surface area contributed by atoms with Crippen LogP contribution in [0.5, 0.6) is 0 Å². The molecule has 0 saturated heterocycles. The van der Waals surface area contributed by atoms with E-state index in [1.807, 2.05) is 6.92 Å². The Labute approximate surface area is 146 Å². The molecule has 132 valence electrons. The van der Waals surface area contributed by atoms with Crippen molar-refractivity contribution in [1.29, 1.82) is 0 Å². The number of carboxylic acid groups (broad SMARTS) is 1. The standard InChI is InChI=1S/C18H19NO5S/c1-12-3-7-15(8-4-12)25(22,23)19-11-14(18(20)21)6-9-16(19)17-10-5-13(2)24-17/h3-8,10,16H,9,11H2,1-2H3,(H,20,21). The molecular formula is C18H19NO5S. The number of rotatable bonds is 4. The zero-order valence-electron chi connectivity index (χ0n) is 14.0. The van der Waals surface area contributed by atoms with Gasteiger partial charge in [0.2, 0.25) is 10.0 Å². The highest BCUT2D eigenvalue weighted by Crippen LogP contribution is 2.35. The molecule has 0 radical (unpaired) electrons. The third-order valence-corrected chi connectivity index (χ3v) is 6.12. The zero-order chi connectivity index (χ0) is 18.2. The van der Waals surface area contributed by atoms with Gasteiger partial charge >= 0.3 is 5.97 Å². The molecule has 1 aromatic heterocycles. The Morgan fingerprint density at radius 2 is 1.84 bits per heavy atom. The fourth-order valence-corrected chi connectivity index (χ4v) is 4.44. The summed E-state index contributed by atoms with van der Waals surface area (Å²) in [7, 11) is -3.86. The van der Waals surface area contributed by atoms with Gasteiger partial charge in [0.25, 0.3) is 0 Å². The van der Waals surface area contributed by atoms with E-state index in [9.17, 15) is 18.3 Å². The van der Waals surface area contributed by atoms with Gasteiger partial charge in [-0.15, -0.1) is 0 Å². The molecule has 1 aliphatic heterocycles. The number of aliphatic carboxylic acids is 1. The summed E-state index contributed by atoms with van der Waals surface area (Å²) in [6.07, 6.45) is 1.81. The molecule has 1 unspecified atom stereocenters. The smallest absolute Gasteiger partial charge is 0.332 e. The van der Waals surface area contributed by atoms with Crippen LogP contribution in [0.25, 0.3) is 0 Å². The SMILES string of the molecule is Cc1ccc(S(=O)(=O)N2CC(C(=O)O)=CCC2c2ccc(C)o2)cc1. The Morgan fingerprint density at radius 1 is 1.16 bits per heavy atom. The number of carbonyl (C=O) groups is 1. The molecule has 6 nitrogen and oxygen atoms in total. The number of sulfonamides is 1. The topological polar surface area (TPSA) is 87.8 Å². The lowest BCUT2D eigenvalue weighted by Crippen LogP contribution is -2.39. The minimum atomic E-state index is -3.86. The molecule has 1 atom stereocenters. The maximum absolute atomic E-state index is 13.1. The largest absolute Gasteiger partial charge is 0.478 e. The second-order valence-corrected chi connectivity index (χ2v) is 7.99. The zero-order valence-corrected chi connectivity index (χ0v) is 14.8. The number of furan rings is 1. The van der Waals surface area contributed by atoms with Gasteiger partial charge in [0.15, 0.2) is 0 Å². The van der Waals surface area contributed by atoms with Crippen molar-refractivity contribution in [2.75, 3.05) is 6.54 Å². The first-order chi connectivity index (χ1) is 11.8. The van der Waals surface area contributed by atoms with Crippen molar-refractivity contribution in [3.8, 4) is 0 Å². The summed E-state index contributed by atoms with van der Waals surface area (Å²) in [4.78, 5) is 11.5. The minimum absolute atomic E-state index is 0.0650. The van der Waals surface area contributed by atoms with E-state index in [1.165, 1.54) is 16.4 Å². The van der Waals surface area contributed by atoms with Crippen LogP contribution in [0.15, 0.2) is 57.4 Å². The molecule has 0 amide bonds. The highest BCUT2D eigenvalue weighted by molar-refractivity contribution is 7.89. The van der Waals surface area contributed by atoms with Crippen LogP contribution in [-0.2, 0) is 14.8 Å². The Bertz CT molecular complexity index is 925. The van der Waals surface area contributed by atoms with Crippen molar-refractivity contribution in [1.82, 2.24) is 4.31 Å². The quantitative estimate of drug-likeness (QED) is 0.904. The maximum atomic E-state index is 13.1. The number of benzene rings is 1. The van der Waals surface area contributed by atoms with E-state index in [2.05, 4.69) is 0 Å². The highest BCUT2D eigenvalue weighted by Gasteiger charge is 2.37. The van der Waals surface area contributed by atoms with Crippen LogP contribution >= 0.6 is 0 Å². The fourth-order valence-electron chi connectivity index (χ4n) is 2.86. The van der Waals surface area contributed by atoms with Crippen molar-refractivity contribution in [3.63, 3.8) is 0 Å². The summed E-state index contributed by atoms with van der Waals surface area (Å²) in [5.41, 5.74) is 1.01. The van der Waals surface area contributed by atoms with Crippen LogP contribution in [-0.4, -0.2) is 30.3 Å². The molecule has 0 fully saturated rings. The first-order valence-corrected chi connectivity index (χ1v) is 9.30. The fraction of sp³-hybridized carbons (Fsp3) is 0.278. The van der Waals surface area contributed by atoms with Crippen molar-refractivity contribution in [3.05, 3.63) is 65.1 Å². The average molecular weight is 361 g/mol. The van der Waals surface area contributed by atoms with Gasteiger partial charge in [-0.25, -0.2) is 13.2 Å². The highest BCUT2D eigenvalue weighted by atomic mass is 32.2. The average Bonchev–Trinajstić information content (AvgIpc) is 3.01. The monoisotopic (exact) mass is 361 g/mol. The van der Waals surface area contributed by atoms with Crippen LogP contribution in [0.2, 0.25) is 0 Å². The second kappa shape index (κ2) is 6.50. The molecule has 2 heterocycles. The lowest BCUT2D eigenvalue weighted by atomic mass is 10.0. The van der Waals surface area contributed by atoms with Crippen molar-refractivity contribution >= 4 is 16.0 Å². The molecule has 0 bridgehead atoms. The Balaban J connectivity index is 2.05. The number of nitrogens with zero attached hydrogens (tertiary/aromatic N) is 1. The van der Waals surface area contributed by atoms with E-state index >= 15 is 0 Å². The van der Waals surface area contributed by atoms with Gasteiger partial charge in [-0.05, 0) is 44.5 Å². The Kier molecular flexibility index (Phi) is 4.53. The van der Waals surface area contributed by atoms with Gasteiger partial charge in [-0.1, -0.05) is 23.8 Å². The lowest BCUT2D eigenvalue weighted by molar-refractivity contribution is -0.133. The summed E-state index contributed by atoms with van der Waals surface area (Å²) in [5.74, 6) is 0.0720. The van der Waals surface area contributed by atoms with Crippen molar-refractivity contribution in [2.24, 2.45) is 0 Å². The van der Waals surface area contributed by atoms with E-state index in [1.54, 1.807) is 37.3 Å². The molecular weight excluding hydrogens is 342 g/mol. The van der Waals surface area contributed by atoms with E-state index in [0.29, 0.717) is 11.5 Å². The third-order valence-electron chi connectivity index (χ3n) is 4.25. The van der Waals surface area contributed by atoms with Crippen LogP contribution in [0.1, 0.15) is 29.5 Å². The summed E-state index contributed by atoms with van der Waals surface area (Å²) in [6, 6.07) is 9.44. The predicted molar refractivity (Wildman–Crippen MR) is 91.6 cm³/mol. The molecule has 0 aliphatic carbocycles. The molecule has 2 aromatic rings. The molecule has 1 aliphatic rings. The van der Waals surface area contributed by atoms with Crippen LogP contribution in [0, 0.1) is 13.8 Å². The second-order valence-electron chi connectivity index (χ2n) is 6.10. The van der Waals surface area contributed by atoms with E-state index in [0.717, 1.165) is 5.56 Å². The van der Waals surface area contributed by atoms with E-state index in [4.69, 9.17) is 4.42 Å². The van der Waals surface area contributed by atoms with Gasteiger partial charge in [-0.3, -0.25) is 0 Å². The van der Waals surface area contributed by atoms with Crippen LogP contribution in [0.4, 0.5) is 0 Å². The Hall–Kier alpha value is -2.38. The van der Waals surface area contributed by atoms with Crippen molar-refractivity contribution in [2.45, 2.75) is 31.2 Å². The summed E-state index contributed by atoms with van der Waals surface area (Å²) in [5, 5.41) is 9.28.